The first-order valence-corrected chi connectivity index (χ1v) is 8.03. The number of fused-ring (bicyclic) bond motifs is 1. The molecule has 0 saturated carbocycles. The highest BCUT2D eigenvalue weighted by Gasteiger charge is 2.12. The lowest BCUT2D eigenvalue weighted by Crippen LogP contribution is -3.00. The van der Waals surface area contributed by atoms with E-state index in [2.05, 4.69) is 32.3 Å². The van der Waals surface area contributed by atoms with Crippen LogP contribution in [0.2, 0.25) is 0 Å². The lowest BCUT2D eigenvalue weighted by atomic mass is 10.2. The number of H-pyrrole nitrogens is 2. The van der Waals surface area contributed by atoms with E-state index in [1.54, 1.807) is 0 Å². The smallest absolute Gasteiger partial charge is 0.406 e. The van der Waals surface area contributed by atoms with Gasteiger partial charge in [0.25, 0.3) is 0 Å². The highest BCUT2D eigenvalue weighted by Crippen LogP contribution is 2.31. The minimum absolute atomic E-state index is 0. The van der Waals surface area contributed by atoms with Gasteiger partial charge in [-0.2, -0.15) is 0 Å². The van der Waals surface area contributed by atoms with Crippen LogP contribution in [0.1, 0.15) is 0 Å². The van der Waals surface area contributed by atoms with Gasteiger partial charge in [-0.15, -0.1) is 0 Å². The molecule has 2 heterocycles. The molecule has 0 radical (unpaired) electrons. The molecule has 0 aliphatic carbocycles. The number of azo groups is 1. The molecule has 4 rings (SSSR count). The van der Waals surface area contributed by atoms with Crippen LogP contribution in [0.25, 0.3) is 22.0 Å². The topological polar surface area (TPSA) is 80.7 Å². The molecule has 2 aromatic heterocycles. The number of nitrogens with one attached hydrogen (secondary N) is 2. The van der Waals surface area contributed by atoms with Crippen molar-refractivity contribution in [3.05, 3.63) is 60.0 Å². The molecule has 0 saturated heterocycles. The summed E-state index contributed by atoms with van der Waals surface area (Å²) in [5, 5.41) is 13.3. The number of thiazole rings is 1. The van der Waals surface area contributed by atoms with Crippen LogP contribution in [0.3, 0.4) is 0 Å². The molecule has 0 fully saturated rings. The van der Waals surface area contributed by atoms with Crippen LogP contribution in [0.15, 0.2) is 70.2 Å². The van der Waals surface area contributed by atoms with Gasteiger partial charge < -0.3 is 27.7 Å². The van der Waals surface area contributed by atoms with Crippen molar-refractivity contribution in [1.82, 2.24) is 4.98 Å². The number of hydrogen-bond donors (Lipinski definition) is 2. The Morgan fingerprint density at radius 3 is 2.42 bits per heavy atom. The Kier molecular flexibility index (Phi) is 4.73. The third kappa shape index (κ3) is 3.08. The van der Waals surface area contributed by atoms with Crippen molar-refractivity contribution in [3.8, 4) is 11.3 Å². The van der Waals surface area contributed by atoms with Gasteiger partial charge in [-0.1, -0.05) is 54.6 Å². The first kappa shape index (κ1) is 16.4. The van der Waals surface area contributed by atoms with Gasteiger partial charge in [0.2, 0.25) is 0 Å². The van der Waals surface area contributed by atoms with E-state index in [1.807, 2.05) is 47.8 Å². The van der Waals surface area contributed by atoms with Crippen molar-refractivity contribution in [2.24, 2.45) is 10.2 Å². The van der Waals surface area contributed by atoms with Crippen molar-refractivity contribution < 1.29 is 22.0 Å². The molecule has 0 atom stereocenters. The number of nitrogens with zero attached hydrogens (tertiary/aromatic N) is 2. The molecule has 0 aliphatic rings. The second-order valence-corrected chi connectivity index (χ2v) is 5.94. The summed E-state index contributed by atoms with van der Waals surface area (Å²) in [6.45, 7) is 0. The highest BCUT2D eigenvalue weighted by atomic mass is 79.9. The number of halogens is 1. The molecule has 0 amide bonds. The Balaban J connectivity index is 0.00000169. The van der Waals surface area contributed by atoms with Crippen LogP contribution in [-0.4, -0.2) is 4.98 Å². The standard InChI is InChI=1S/C17H13N5S.BrH/c18-15-12-8-4-5-9-13(12)16(20-15)21-22-17-19-14(10-23-17)11-6-2-1-3-7-11;/h1-10,20H,18H2;1H/b22-21+;. The van der Waals surface area contributed by atoms with E-state index in [4.69, 9.17) is 5.73 Å². The Labute approximate surface area is 153 Å². The van der Waals surface area contributed by atoms with Crippen LogP contribution in [-0.2, 0) is 0 Å². The van der Waals surface area contributed by atoms with E-state index in [1.165, 1.54) is 11.3 Å². The fraction of sp³-hybridized carbons (Fsp3) is 0. The van der Waals surface area contributed by atoms with Crippen molar-refractivity contribution in [1.29, 1.82) is 0 Å². The molecular formula is C17H14BrN5S. The van der Waals surface area contributed by atoms with Crippen LogP contribution in [0, 0.1) is 0 Å². The number of anilines is 1. The van der Waals surface area contributed by atoms with Crippen LogP contribution < -0.4 is 27.7 Å². The van der Waals surface area contributed by atoms with Gasteiger partial charge in [-0.25, -0.2) is 4.98 Å². The number of aromatic amines is 2. The second-order valence-electron chi connectivity index (χ2n) is 5.08. The van der Waals surface area contributed by atoms with Crippen LogP contribution >= 0.6 is 11.3 Å². The molecular weight excluding hydrogens is 386 g/mol. The number of nitrogen functional groups attached to an aromatic ring is 1. The second kappa shape index (κ2) is 6.94. The quantitative estimate of drug-likeness (QED) is 0.505. The summed E-state index contributed by atoms with van der Waals surface area (Å²) in [6.07, 6.45) is 0. The predicted octanol–water partition coefficient (Wildman–Crippen LogP) is 1.71. The summed E-state index contributed by atoms with van der Waals surface area (Å²) < 4.78 is 0. The molecule has 24 heavy (non-hydrogen) atoms. The Bertz CT molecular complexity index is 991. The van der Waals surface area contributed by atoms with Gasteiger partial charge in [0.15, 0.2) is 5.82 Å². The highest BCUT2D eigenvalue weighted by molar-refractivity contribution is 7.13. The average Bonchev–Trinajstić information content (AvgIpc) is 3.19. The van der Waals surface area contributed by atoms with Crippen LogP contribution in [0.4, 0.5) is 16.8 Å². The summed E-state index contributed by atoms with van der Waals surface area (Å²) in [5.74, 6) is 1.27. The van der Waals surface area contributed by atoms with Crippen molar-refractivity contribution in [3.63, 3.8) is 0 Å². The zero-order valence-corrected chi connectivity index (χ0v) is 14.9. The molecule has 0 bridgehead atoms. The molecule has 2 aromatic carbocycles. The summed E-state index contributed by atoms with van der Waals surface area (Å²) in [4.78, 5) is 6.34. The van der Waals surface area contributed by atoms with Crippen LogP contribution in [0.5, 0.6) is 0 Å². The lowest BCUT2D eigenvalue weighted by molar-refractivity contribution is -0.343. The van der Waals surface area contributed by atoms with Crippen molar-refractivity contribution in [2.45, 2.75) is 0 Å². The predicted molar refractivity (Wildman–Crippen MR) is 93.2 cm³/mol. The molecule has 0 spiro atoms. The minimum atomic E-state index is 0. The van der Waals surface area contributed by atoms with E-state index in [-0.39, 0.29) is 17.0 Å². The zero-order valence-electron chi connectivity index (χ0n) is 12.5. The fourth-order valence-corrected chi connectivity index (χ4v) is 3.14. The maximum atomic E-state index is 5.96. The number of aromatic nitrogens is 2. The third-order valence-corrected chi connectivity index (χ3v) is 4.34. The molecule has 120 valence electrons. The Morgan fingerprint density at radius 2 is 1.62 bits per heavy atom. The Hall–Kier alpha value is -2.51. The monoisotopic (exact) mass is 399 g/mol. The molecule has 4 N–H and O–H groups in total. The molecule has 0 aliphatic heterocycles. The maximum Gasteiger partial charge on any atom is 0.406 e. The zero-order chi connectivity index (χ0) is 15.6. The van der Waals surface area contributed by atoms with Crippen molar-refractivity contribution >= 4 is 38.9 Å². The molecule has 7 heteroatoms. The number of nitrogens with two attached hydrogens (primary N) is 1. The average molecular weight is 400 g/mol. The van der Waals surface area contributed by atoms with Gasteiger partial charge in [0, 0.05) is 21.7 Å². The van der Waals surface area contributed by atoms with E-state index in [9.17, 15) is 0 Å². The number of rotatable bonds is 3. The number of hydrogen-bond acceptors (Lipinski definition) is 4. The maximum absolute atomic E-state index is 5.96. The van der Waals surface area contributed by atoms with Gasteiger partial charge >= 0.3 is 5.13 Å². The van der Waals surface area contributed by atoms with E-state index in [0.717, 1.165) is 27.2 Å². The summed E-state index contributed by atoms with van der Waals surface area (Å²) in [7, 11) is 0. The largest absolute Gasteiger partial charge is 1.00 e. The minimum Gasteiger partial charge on any atom is -1.00 e. The third-order valence-electron chi connectivity index (χ3n) is 3.58. The number of benzene rings is 2. The first-order valence-electron chi connectivity index (χ1n) is 7.15. The van der Waals surface area contributed by atoms with Gasteiger partial charge in [-0.3, -0.25) is 0 Å². The molecule has 0 unspecified atom stereocenters. The van der Waals surface area contributed by atoms with Crippen molar-refractivity contribution in [2.75, 3.05) is 5.73 Å². The van der Waals surface area contributed by atoms with Gasteiger partial charge in [0.1, 0.15) is 11.5 Å². The SMILES string of the molecule is Nc1[nH]c(/N=N/c2[nH+]c(-c3ccccc3)cs2)c2ccccc12.[Br-]. The van der Waals surface area contributed by atoms with E-state index >= 15 is 0 Å². The molecule has 4 aromatic rings. The van der Waals surface area contributed by atoms with E-state index in [0.29, 0.717) is 11.6 Å². The summed E-state index contributed by atoms with van der Waals surface area (Å²) in [5.41, 5.74) is 8.12. The van der Waals surface area contributed by atoms with E-state index < -0.39 is 0 Å². The molecule has 5 nitrogen and oxygen atoms in total. The Morgan fingerprint density at radius 1 is 0.917 bits per heavy atom. The first-order chi connectivity index (χ1) is 11.3. The summed E-state index contributed by atoms with van der Waals surface area (Å²) >= 11 is 1.51. The fourth-order valence-electron chi connectivity index (χ4n) is 2.46. The normalized spacial score (nSPS) is 11.0. The van der Waals surface area contributed by atoms with Gasteiger partial charge in [0.05, 0.1) is 5.11 Å². The van der Waals surface area contributed by atoms with Gasteiger partial charge in [-0.05, 0) is 16.5 Å². The summed E-state index contributed by atoms with van der Waals surface area (Å²) in [6, 6.07) is 18.0. The lowest BCUT2D eigenvalue weighted by Gasteiger charge is -1.90.